The third-order valence-electron chi connectivity index (χ3n) is 5.01. The number of nitrogens with zero attached hydrogens (tertiary/aromatic N) is 3. The molecular weight excluding hydrogens is 310 g/mol. The van der Waals surface area contributed by atoms with E-state index in [1.165, 1.54) is 16.7 Å². The second kappa shape index (κ2) is 6.48. The Balaban J connectivity index is 1.49. The first-order valence-corrected chi connectivity index (χ1v) is 8.92. The van der Waals surface area contributed by atoms with Crippen molar-refractivity contribution in [2.45, 2.75) is 45.8 Å². The first-order chi connectivity index (χ1) is 12.1. The van der Waals surface area contributed by atoms with Crippen LogP contribution in [0.3, 0.4) is 0 Å². The van der Waals surface area contributed by atoms with Crippen LogP contribution < -0.4 is 10.6 Å². The number of hydrogen-bond donors (Lipinski definition) is 2. The zero-order valence-corrected chi connectivity index (χ0v) is 15.0. The summed E-state index contributed by atoms with van der Waals surface area (Å²) in [7, 11) is 0. The number of rotatable bonds is 3. The molecule has 1 saturated heterocycles. The third-order valence-corrected chi connectivity index (χ3v) is 5.01. The summed E-state index contributed by atoms with van der Waals surface area (Å²) in [5.74, 6) is 0.681. The van der Waals surface area contributed by atoms with E-state index >= 15 is 0 Å². The highest BCUT2D eigenvalue weighted by atomic mass is 15.2. The van der Waals surface area contributed by atoms with Crippen LogP contribution >= 0.6 is 0 Å². The summed E-state index contributed by atoms with van der Waals surface area (Å²) in [6.45, 7) is 11.1. The molecule has 3 heterocycles. The fraction of sp³-hybridized carbons (Fsp3) is 0.400. The van der Waals surface area contributed by atoms with Gasteiger partial charge in [0, 0.05) is 55.2 Å². The Hall–Kier alpha value is -2.40. The van der Waals surface area contributed by atoms with Crippen molar-refractivity contribution >= 4 is 11.6 Å². The van der Waals surface area contributed by atoms with E-state index < -0.39 is 0 Å². The van der Waals surface area contributed by atoms with Crippen LogP contribution in [0.5, 0.6) is 0 Å². The van der Waals surface area contributed by atoms with Crippen molar-refractivity contribution in [3.05, 3.63) is 59.1 Å². The number of aryl methyl sites for hydroxylation is 2. The van der Waals surface area contributed by atoms with Crippen molar-refractivity contribution in [3.8, 4) is 0 Å². The van der Waals surface area contributed by atoms with E-state index in [-0.39, 0.29) is 0 Å². The molecule has 2 N–H and O–H groups in total. The number of anilines is 2. The van der Waals surface area contributed by atoms with E-state index in [0.29, 0.717) is 12.0 Å². The normalized spacial score (nSPS) is 20.2. The fourth-order valence-electron chi connectivity index (χ4n) is 3.86. The van der Waals surface area contributed by atoms with Gasteiger partial charge in [-0.25, -0.2) is 9.97 Å². The second-order valence-corrected chi connectivity index (χ2v) is 7.25. The van der Waals surface area contributed by atoms with Crippen LogP contribution in [0.1, 0.15) is 35.2 Å². The maximum Gasteiger partial charge on any atom is 0.227 e. The summed E-state index contributed by atoms with van der Waals surface area (Å²) in [6, 6.07) is 6.96. The average molecular weight is 335 g/mol. The number of benzene rings is 1. The van der Waals surface area contributed by atoms with Crippen molar-refractivity contribution in [2.75, 3.05) is 11.9 Å². The molecule has 1 aromatic heterocycles. The highest BCUT2D eigenvalue weighted by Crippen LogP contribution is 2.28. The van der Waals surface area contributed by atoms with Crippen LogP contribution in [0.4, 0.5) is 11.6 Å². The molecule has 0 aliphatic carbocycles. The molecule has 0 radical (unpaired) electrons. The zero-order chi connectivity index (χ0) is 17.4. The van der Waals surface area contributed by atoms with Crippen LogP contribution in [0, 0.1) is 13.8 Å². The third kappa shape index (κ3) is 3.51. The highest BCUT2D eigenvalue weighted by molar-refractivity contribution is 5.56. The van der Waals surface area contributed by atoms with Crippen molar-refractivity contribution in [2.24, 2.45) is 0 Å². The predicted octanol–water partition coefficient (Wildman–Crippen LogP) is 3.42. The molecule has 2 aromatic rings. The van der Waals surface area contributed by atoms with Gasteiger partial charge in [-0.05, 0) is 43.5 Å². The summed E-state index contributed by atoms with van der Waals surface area (Å²) in [6.07, 6.45) is 4.16. The van der Waals surface area contributed by atoms with Crippen molar-refractivity contribution in [1.29, 1.82) is 0 Å². The lowest BCUT2D eigenvalue weighted by Crippen LogP contribution is -2.39. The van der Waals surface area contributed by atoms with Gasteiger partial charge in [0.05, 0.1) is 5.69 Å². The number of aromatic nitrogens is 2. The van der Waals surface area contributed by atoms with Gasteiger partial charge in [0.15, 0.2) is 0 Å². The molecule has 130 valence electrons. The lowest BCUT2D eigenvalue weighted by Gasteiger charge is -2.32. The monoisotopic (exact) mass is 335 g/mol. The molecule has 0 bridgehead atoms. The zero-order valence-electron chi connectivity index (χ0n) is 15.0. The van der Waals surface area contributed by atoms with Crippen molar-refractivity contribution in [1.82, 2.24) is 20.2 Å². The number of piperidine rings is 1. The van der Waals surface area contributed by atoms with Crippen LogP contribution in [0.2, 0.25) is 0 Å². The summed E-state index contributed by atoms with van der Waals surface area (Å²) < 4.78 is 0. The Bertz CT molecular complexity index is 793. The molecule has 1 atom stereocenters. The number of hydrogen-bond acceptors (Lipinski definition) is 5. The Morgan fingerprint density at radius 3 is 2.76 bits per heavy atom. The van der Waals surface area contributed by atoms with Gasteiger partial charge in [-0.2, -0.15) is 0 Å². The molecule has 0 unspecified atom stereocenters. The molecule has 1 aromatic carbocycles. The van der Waals surface area contributed by atoms with Crippen LogP contribution in [0.25, 0.3) is 0 Å². The maximum atomic E-state index is 4.77. The molecule has 0 amide bonds. The molecule has 5 heteroatoms. The van der Waals surface area contributed by atoms with E-state index in [1.807, 2.05) is 6.20 Å². The second-order valence-electron chi connectivity index (χ2n) is 7.25. The number of fused-ring (bicyclic) bond motifs is 1. The van der Waals surface area contributed by atoms with Crippen molar-refractivity contribution < 1.29 is 0 Å². The molecule has 1 fully saturated rings. The lowest BCUT2D eigenvalue weighted by atomic mass is 10.0. The van der Waals surface area contributed by atoms with E-state index in [2.05, 4.69) is 59.1 Å². The van der Waals surface area contributed by atoms with E-state index in [1.54, 1.807) is 0 Å². The summed E-state index contributed by atoms with van der Waals surface area (Å²) in [5, 5.41) is 6.69. The van der Waals surface area contributed by atoms with Crippen LogP contribution in [-0.2, 0) is 13.1 Å². The van der Waals surface area contributed by atoms with Gasteiger partial charge in [-0.3, -0.25) is 4.90 Å². The smallest absolute Gasteiger partial charge is 0.227 e. The SMILES string of the molecule is C=C1C[C@H](N2Cc3cnc(Nc4cc(C)cc(C)c4)nc3C2)CCN1. The molecule has 0 saturated carbocycles. The van der Waals surface area contributed by atoms with E-state index in [4.69, 9.17) is 4.98 Å². The fourth-order valence-corrected chi connectivity index (χ4v) is 3.86. The Labute approximate surface area is 149 Å². The van der Waals surface area contributed by atoms with Crippen molar-refractivity contribution in [3.63, 3.8) is 0 Å². The van der Waals surface area contributed by atoms with Gasteiger partial charge >= 0.3 is 0 Å². The minimum atomic E-state index is 0.554. The van der Waals surface area contributed by atoms with Crippen LogP contribution in [0.15, 0.2) is 36.7 Å². The van der Waals surface area contributed by atoms with Gasteiger partial charge in [0.25, 0.3) is 0 Å². The molecule has 0 spiro atoms. The molecule has 25 heavy (non-hydrogen) atoms. The lowest BCUT2D eigenvalue weighted by molar-refractivity contribution is 0.174. The Kier molecular flexibility index (Phi) is 4.17. The summed E-state index contributed by atoms with van der Waals surface area (Å²) >= 11 is 0. The largest absolute Gasteiger partial charge is 0.389 e. The number of nitrogens with one attached hydrogen (secondary N) is 2. The minimum Gasteiger partial charge on any atom is -0.389 e. The molecule has 2 aliphatic heterocycles. The maximum absolute atomic E-state index is 4.77. The standard InChI is InChI=1S/C20H25N5/c1-13-6-14(2)8-17(7-13)23-20-22-10-16-11-25(12-19(16)24-20)18-4-5-21-15(3)9-18/h6-8,10,18,21H,3-5,9,11-12H2,1-2H3,(H,22,23,24)/t18-/m1/s1. The first-order valence-electron chi connectivity index (χ1n) is 8.92. The van der Waals surface area contributed by atoms with E-state index in [0.717, 1.165) is 49.6 Å². The quantitative estimate of drug-likeness (QED) is 0.900. The van der Waals surface area contributed by atoms with Gasteiger partial charge < -0.3 is 10.6 Å². The molecule has 2 aliphatic rings. The topological polar surface area (TPSA) is 53.1 Å². The van der Waals surface area contributed by atoms with Gasteiger partial charge in [-0.15, -0.1) is 0 Å². The van der Waals surface area contributed by atoms with Gasteiger partial charge in [0.1, 0.15) is 0 Å². The first kappa shape index (κ1) is 16.1. The van der Waals surface area contributed by atoms with Gasteiger partial charge in [0.2, 0.25) is 5.95 Å². The highest BCUT2D eigenvalue weighted by Gasteiger charge is 2.29. The van der Waals surface area contributed by atoms with Gasteiger partial charge in [-0.1, -0.05) is 12.6 Å². The summed E-state index contributed by atoms with van der Waals surface area (Å²) in [4.78, 5) is 11.8. The van der Waals surface area contributed by atoms with Crippen LogP contribution in [-0.4, -0.2) is 27.5 Å². The Morgan fingerprint density at radius 2 is 2.00 bits per heavy atom. The van der Waals surface area contributed by atoms with E-state index in [9.17, 15) is 0 Å². The molecule has 4 rings (SSSR count). The average Bonchev–Trinajstić information content (AvgIpc) is 2.97. The molecular formula is C20H25N5. The minimum absolute atomic E-state index is 0.554. The Morgan fingerprint density at radius 1 is 1.20 bits per heavy atom. The molecule has 5 nitrogen and oxygen atoms in total. The predicted molar refractivity (Wildman–Crippen MR) is 101 cm³/mol. The summed E-state index contributed by atoms with van der Waals surface area (Å²) in [5.41, 5.74) is 7.06.